The fourth-order valence-electron chi connectivity index (χ4n) is 3.74. The van der Waals surface area contributed by atoms with E-state index < -0.39 is 0 Å². The largest absolute Gasteiger partial charge is 0.472 e. The third kappa shape index (κ3) is 4.10. The van der Waals surface area contributed by atoms with Gasteiger partial charge in [-0.15, -0.1) is 15.0 Å². The first-order valence-electron chi connectivity index (χ1n) is 10.2. The number of amides is 1. The molecule has 0 spiro atoms. The zero-order valence-corrected chi connectivity index (χ0v) is 17.7. The van der Waals surface area contributed by atoms with Gasteiger partial charge in [-0.05, 0) is 57.0 Å². The summed E-state index contributed by atoms with van der Waals surface area (Å²) in [7, 11) is 0. The molecule has 0 radical (unpaired) electrons. The maximum absolute atomic E-state index is 13.5. The van der Waals surface area contributed by atoms with Crippen molar-refractivity contribution in [1.29, 1.82) is 5.26 Å². The summed E-state index contributed by atoms with van der Waals surface area (Å²) in [4.78, 5) is 21.0. The Bertz CT molecular complexity index is 1150. The number of piperidine rings is 1. The molecule has 4 rings (SSSR count). The van der Waals surface area contributed by atoms with E-state index in [1.807, 2.05) is 30.9 Å². The maximum Gasteiger partial charge on any atom is 0.256 e. The van der Waals surface area contributed by atoms with Crippen molar-refractivity contribution in [2.45, 2.75) is 45.8 Å². The Morgan fingerprint density at radius 2 is 2.03 bits per heavy atom. The first-order chi connectivity index (χ1) is 15.0. The molecule has 158 valence electrons. The highest BCUT2D eigenvalue weighted by Gasteiger charge is 2.32. The number of likely N-dealkylation sites (tertiary alicyclic amines) is 1. The number of hydrogen-bond donors (Lipinski definition) is 0. The van der Waals surface area contributed by atoms with Gasteiger partial charge in [-0.1, -0.05) is 12.1 Å². The Balaban J connectivity index is 1.57. The van der Waals surface area contributed by atoms with Gasteiger partial charge in [-0.3, -0.25) is 4.79 Å². The summed E-state index contributed by atoms with van der Waals surface area (Å²) < 4.78 is 6.12. The van der Waals surface area contributed by atoms with Crippen LogP contribution in [-0.2, 0) is 0 Å². The van der Waals surface area contributed by atoms with Crippen molar-refractivity contribution < 1.29 is 9.53 Å². The highest BCUT2D eigenvalue weighted by molar-refractivity contribution is 5.98. The summed E-state index contributed by atoms with van der Waals surface area (Å²) in [5, 5.41) is 21.4. The van der Waals surface area contributed by atoms with Gasteiger partial charge in [-0.2, -0.15) is 5.26 Å². The number of para-hydroxylation sites is 1. The van der Waals surface area contributed by atoms with Crippen LogP contribution in [0.3, 0.4) is 0 Å². The van der Waals surface area contributed by atoms with E-state index in [-0.39, 0.29) is 18.1 Å². The number of pyridine rings is 1. The van der Waals surface area contributed by atoms with Crippen molar-refractivity contribution in [3.05, 3.63) is 59.0 Å². The number of carbonyl (C=O) groups excluding carboxylic acids is 1. The molecule has 0 N–H and O–H groups in total. The van der Waals surface area contributed by atoms with Crippen LogP contribution in [0.2, 0.25) is 0 Å². The van der Waals surface area contributed by atoms with Gasteiger partial charge in [0.15, 0.2) is 5.82 Å². The fourth-order valence-corrected chi connectivity index (χ4v) is 3.74. The Kier molecular flexibility index (Phi) is 5.62. The minimum Gasteiger partial charge on any atom is -0.472 e. The third-order valence-electron chi connectivity index (χ3n) is 5.52. The van der Waals surface area contributed by atoms with Gasteiger partial charge in [0.2, 0.25) is 5.88 Å². The first kappa shape index (κ1) is 20.5. The molecule has 1 saturated heterocycles. The highest BCUT2D eigenvalue weighted by atomic mass is 16.5. The van der Waals surface area contributed by atoms with Crippen LogP contribution in [0, 0.1) is 25.2 Å². The SMILES string of the molecule is Cc1nnn(-c2ccccc2C(=O)N2C[C@H](Oc3nccc(C#N)c3C)CC[C@H]2C)n1. The van der Waals surface area contributed by atoms with E-state index in [4.69, 9.17) is 4.74 Å². The lowest BCUT2D eigenvalue weighted by atomic mass is 9.99. The number of hydrogen-bond acceptors (Lipinski definition) is 7. The molecule has 0 saturated carbocycles. The molecule has 0 unspecified atom stereocenters. The standard InChI is InChI=1S/C22H23N7O2/c1-14-8-9-18(31-21-15(2)17(12-23)10-11-24-21)13-28(14)22(30)19-6-4-5-7-20(19)29-26-16(3)25-27-29/h4-7,10-11,14,18H,8-9,13H2,1-3H3/t14-,18-/m1/s1. The number of nitriles is 1. The van der Waals surface area contributed by atoms with Crippen LogP contribution in [-0.4, -0.2) is 54.7 Å². The van der Waals surface area contributed by atoms with Crippen molar-refractivity contribution in [2.75, 3.05) is 6.54 Å². The average Bonchev–Trinajstić information content (AvgIpc) is 3.22. The molecule has 0 bridgehead atoms. The van der Waals surface area contributed by atoms with E-state index in [2.05, 4.69) is 26.5 Å². The Labute approximate surface area is 180 Å². The van der Waals surface area contributed by atoms with Gasteiger partial charge in [0.1, 0.15) is 11.8 Å². The Hall–Kier alpha value is -3.80. The average molecular weight is 417 g/mol. The Morgan fingerprint density at radius 3 is 2.77 bits per heavy atom. The van der Waals surface area contributed by atoms with E-state index in [1.165, 1.54) is 4.80 Å². The second-order valence-electron chi connectivity index (χ2n) is 7.67. The molecule has 2 atom stereocenters. The van der Waals surface area contributed by atoms with E-state index in [0.29, 0.717) is 40.6 Å². The van der Waals surface area contributed by atoms with Crippen molar-refractivity contribution in [1.82, 2.24) is 30.1 Å². The quantitative estimate of drug-likeness (QED) is 0.642. The molecule has 1 fully saturated rings. The van der Waals surface area contributed by atoms with Gasteiger partial charge in [0.05, 0.1) is 23.7 Å². The molecule has 9 heteroatoms. The molecule has 3 aromatic rings. The monoisotopic (exact) mass is 417 g/mol. The van der Waals surface area contributed by atoms with E-state index >= 15 is 0 Å². The lowest BCUT2D eigenvalue weighted by Gasteiger charge is -2.38. The zero-order valence-electron chi connectivity index (χ0n) is 17.7. The van der Waals surface area contributed by atoms with Crippen molar-refractivity contribution in [3.63, 3.8) is 0 Å². The second kappa shape index (κ2) is 8.52. The number of ether oxygens (including phenoxy) is 1. The lowest BCUT2D eigenvalue weighted by Crippen LogP contribution is -2.49. The minimum absolute atomic E-state index is 0.0605. The lowest BCUT2D eigenvalue weighted by molar-refractivity contribution is 0.0371. The fraction of sp³-hybridized carbons (Fsp3) is 0.364. The normalized spacial score (nSPS) is 18.5. The molecule has 1 aliphatic rings. The predicted molar refractivity (Wildman–Crippen MR) is 112 cm³/mol. The van der Waals surface area contributed by atoms with Crippen LogP contribution in [0.1, 0.15) is 47.1 Å². The van der Waals surface area contributed by atoms with Gasteiger partial charge >= 0.3 is 0 Å². The molecule has 31 heavy (non-hydrogen) atoms. The van der Waals surface area contributed by atoms with Crippen LogP contribution in [0.4, 0.5) is 0 Å². The van der Waals surface area contributed by atoms with Crippen LogP contribution in [0.5, 0.6) is 5.88 Å². The first-order valence-corrected chi connectivity index (χ1v) is 10.2. The van der Waals surface area contributed by atoms with Crippen molar-refractivity contribution >= 4 is 5.91 Å². The second-order valence-corrected chi connectivity index (χ2v) is 7.67. The zero-order chi connectivity index (χ0) is 22.0. The Morgan fingerprint density at radius 1 is 1.23 bits per heavy atom. The molecule has 1 aliphatic heterocycles. The molecule has 0 aliphatic carbocycles. The molecule has 9 nitrogen and oxygen atoms in total. The summed E-state index contributed by atoms with van der Waals surface area (Å²) in [6.07, 6.45) is 2.96. The van der Waals surface area contributed by atoms with Crippen LogP contribution in [0.25, 0.3) is 5.69 Å². The summed E-state index contributed by atoms with van der Waals surface area (Å²) in [5.74, 6) is 0.861. The number of aromatic nitrogens is 5. The number of aryl methyl sites for hydroxylation is 1. The number of carbonyl (C=O) groups is 1. The number of rotatable bonds is 4. The molecule has 1 amide bonds. The third-order valence-corrected chi connectivity index (χ3v) is 5.52. The van der Waals surface area contributed by atoms with Crippen molar-refractivity contribution in [2.24, 2.45) is 0 Å². The van der Waals surface area contributed by atoms with Crippen molar-refractivity contribution in [3.8, 4) is 17.6 Å². The molecule has 3 heterocycles. The molecule has 2 aromatic heterocycles. The van der Waals surface area contributed by atoms with Gasteiger partial charge in [-0.25, -0.2) is 4.98 Å². The number of nitrogens with zero attached hydrogens (tertiary/aromatic N) is 7. The van der Waals surface area contributed by atoms with Crippen LogP contribution < -0.4 is 4.74 Å². The molecular formula is C22H23N7O2. The summed E-state index contributed by atoms with van der Waals surface area (Å²) in [6.45, 7) is 6.03. The summed E-state index contributed by atoms with van der Waals surface area (Å²) in [6, 6.07) is 11.1. The number of benzene rings is 1. The topological polar surface area (TPSA) is 110 Å². The predicted octanol–water partition coefficient (Wildman–Crippen LogP) is 2.62. The molecular weight excluding hydrogens is 394 g/mol. The van der Waals surface area contributed by atoms with Crippen LogP contribution >= 0.6 is 0 Å². The smallest absolute Gasteiger partial charge is 0.256 e. The minimum atomic E-state index is -0.209. The van der Waals surface area contributed by atoms with E-state index in [0.717, 1.165) is 12.8 Å². The maximum atomic E-state index is 13.5. The highest BCUT2D eigenvalue weighted by Crippen LogP contribution is 2.26. The van der Waals surface area contributed by atoms with Crippen LogP contribution in [0.15, 0.2) is 36.5 Å². The summed E-state index contributed by atoms with van der Waals surface area (Å²) >= 11 is 0. The van der Waals surface area contributed by atoms with E-state index in [1.54, 1.807) is 31.3 Å². The van der Waals surface area contributed by atoms with Gasteiger partial charge in [0.25, 0.3) is 5.91 Å². The summed E-state index contributed by atoms with van der Waals surface area (Å²) in [5.41, 5.74) is 2.34. The van der Waals surface area contributed by atoms with Gasteiger partial charge < -0.3 is 9.64 Å². The molecule has 1 aromatic carbocycles. The van der Waals surface area contributed by atoms with E-state index in [9.17, 15) is 10.1 Å². The van der Waals surface area contributed by atoms with Gasteiger partial charge in [0, 0.05) is 17.8 Å². The number of tetrazole rings is 1.